The van der Waals surface area contributed by atoms with Crippen molar-refractivity contribution >= 4 is 23.2 Å². The predicted octanol–water partition coefficient (Wildman–Crippen LogP) is 3.22. The Morgan fingerprint density at radius 1 is 1.30 bits per heavy atom. The number of aromatic nitrogens is 3. The van der Waals surface area contributed by atoms with E-state index < -0.39 is 24.0 Å². The smallest absolute Gasteiger partial charge is 0.304 e. The zero-order valence-electron chi connectivity index (χ0n) is 14.7. The molecule has 1 fully saturated rings. The molecule has 3 heterocycles. The summed E-state index contributed by atoms with van der Waals surface area (Å²) in [6.07, 6.45) is 3.71. The van der Waals surface area contributed by atoms with Crippen LogP contribution >= 0.6 is 11.6 Å². The average Bonchev–Trinajstić information content (AvgIpc) is 2.60. The number of nitrogens with two attached hydrogens (primary N) is 1. The number of pyridine rings is 1. The molecule has 10 heteroatoms. The number of nitrogens with zero attached hydrogens (tertiary/aromatic N) is 4. The van der Waals surface area contributed by atoms with Crippen LogP contribution in [-0.4, -0.2) is 45.5 Å². The topological polar surface area (TPSA) is 80.0 Å². The lowest BCUT2D eigenvalue weighted by molar-refractivity contribution is -0.0486. The highest BCUT2D eigenvalue weighted by atomic mass is 35.5. The summed E-state index contributed by atoms with van der Waals surface area (Å²) in [6, 6.07) is 0.942. The molecular formula is C17H20ClF3N6. The van der Waals surface area contributed by atoms with Crippen LogP contribution in [0.5, 0.6) is 0 Å². The van der Waals surface area contributed by atoms with Gasteiger partial charge in [0.2, 0.25) is 0 Å². The lowest BCUT2D eigenvalue weighted by Gasteiger charge is -2.34. The number of piperidine rings is 1. The van der Waals surface area contributed by atoms with Gasteiger partial charge < -0.3 is 11.1 Å². The van der Waals surface area contributed by atoms with Crippen molar-refractivity contribution in [2.75, 3.05) is 30.7 Å². The standard InChI is InChI=1S/C17H20ClF3N6/c1-10-15(22)24-9-25-16(10)26-12-2-4-27(5-3-12)8-17(20,21)14-13(19)6-11(18)7-23-14/h6-7,9,12H,2-5,8H2,1H3,(H3,22,24,25,26). The third kappa shape index (κ3) is 4.59. The van der Waals surface area contributed by atoms with Gasteiger partial charge in [-0.1, -0.05) is 11.6 Å². The third-order valence-electron chi connectivity index (χ3n) is 4.63. The number of anilines is 2. The number of hydrogen-bond donors (Lipinski definition) is 2. The maximum absolute atomic E-state index is 14.4. The van der Waals surface area contributed by atoms with Gasteiger partial charge in [0.1, 0.15) is 23.7 Å². The van der Waals surface area contributed by atoms with Gasteiger partial charge in [0, 0.05) is 30.9 Å². The first-order valence-corrected chi connectivity index (χ1v) is 8.89. The number of nitrogens with one attached hydrogen (secondary N) is 1. The van der Waals surface area contributed by atoms with Crippen LogP contribution in [0.3, 0.4) is 0 Å². The Labute approximate surface area is 160 Å². The maximum Gasteiger partial charge on any atom is 0.304 e. The van der Waals surface area contributed by atoms with Crippen LogP contribution in [0.4, 0.5) is 24.8 Å². The highest BCUT2D eigenvalue weighted by molar-refractivity contribution is 6.30. The van der Waals surface area contributed by atoms with Gasteiger partial charge in [-0.25, -0.2) is 14.4 Å². The van der Waals surface area contributed by atoms with Crippen LogP contribution in [0, 0.1) is 12.7 Å². The summed E-state index contributed by atoms with van der Waals surface area (Å²) < 4.78 is 42.7. The first kappa shape index (κ1) is 19.6. The molecule has 0 radical (unpaired) electrons. The summed E-state index contributed by atoms with van der Waals surface area (Å²) in [7, 11) is 0. The summed E-state index contributed by atoms with van der Waals surface area (Å²) in [6.45, 7) is 2.12. The van der Waals surface area contributed by atoms with E-state index >= 15 is 0 Å². The van der Waals surface area contributed by atoms with Crippen LogP contribution in [-0.2, 0) is 5.92 Å². The third-order valence-corrected chi connectivity index (χ3v) is 4.83. The van der Waals surface area contributed by atoms with Crippen LogP contribution in [0.25, 0.3) is 0 Å². The normalized spacial score (nSPS) is 16.5. The molecule has 0 bridgehead atoms. The van der Waals surface area contributed by atoms with Crippen molar-refractivity contribution in [1.29, 1.82) is 0 Å². The lowest BCUT2D eigenvalue weighted by atomic mass is 10.0. The monoisotopic (exact) mass is 400 g/mol. The van der Waals surface area contributed by atoms with Crippen molar-refractivity contribution in [2.24, 2.45) is 0 Å². The van der Waals surface area contributed by atoms with Gasteiger partial charge in [0.15, 0.2) is 5.82 Å². The van der Waals surface area contributed by atoms with E-state index in [2.05, 4.69) is 20.3 Å². The molecule has 6 nitrogen and oxygen atoms in total. The molecule has 3 N–H and O–H groups in total. The fourth-order valence-electron chi connectivity index (χ4n) is 3.08. The second kappa shape index (κ2) is 7.85. The van der Waals surface area contributed by atoms with E-state index in [4.69, 9.17) is 17.3 Å². The van der Waals surface area contributed by atoms with Crippen molar-refractivity contribution in [3.05, 3.63) is 40.7 Å². The average molecular weight is 401 g/mol. The molecule has 0 aromatic carbocycles. The number of halogens is 4. The van der Waals surface area contributed by atoms with E-state index in [9.17, 15) is 13.2 Å². The summed E-state index contributed by atoms with van der Waals surface area (Å²) >= 11 is 5.58. The summed E-state index contributed by atoms with van der Waals surface area (Å²) in [4.78, 5) is 13.2. The molecule has 0 amide bonds. The van der Waals surface area contributed by atoms with Gasteiger partial charge in [-0.3, -0.25) is 9.88 Å². The van der Waals surface area contributed by atoms with Crippen molar-refractivity contribution in [2.45, 2.75) is 31.7 Å². The fourth-order valence-corrected chi connectivity index (χ4v) is 3.22. The molecule has 3 rings (SSSR count). The Kier molecular flexibility index (Phi) is 5.71. The van der Waals surface area contributed by atoms with Gasteiger partial charge in [-0.05, 0) is 25.8 Å². The van der Waals surface area contributed by atoms with Crippen molar-refractivity contribution < 1.29 is 13.2 Å². The Morgan fingerprint density at radius 3 is 2.67 bits per heavy atom. The fraction of sp³-hybridized carbons (Fsp3) is 0.471. The molecule has 0 saturated carbocycles. The van der Waals surface area contributed by atoms with Gasteiger partial charge in [-0.15, -0.1) is 0 Å². The zero-order chi connectivity index (χ0) is 19.6. The Balaban J connectivity index is 1.58. The Bertz CT molecular complexity index is 811. The minimum atomic E-state index is -3.40. The molecular weight excluding hydrogens is 381 g/mol. The van der Waals surface area contributed by atoms with E-state index in [-0.39, 0.29) is 11.1 Å². The lowest BCUT2D eigenvalue weighted by Crippen LogP contribution is -2.44. The Hall–Kier alpha value is -2.13. The highest BCUT2D eigenvalue weighted by Gasteiger charge is 2.39. The summed E-state index contributed by atoms with van der Waals surface area (Å²) in [5.74, 6) is -3.44. The number of nitrogen functional groups attached to an aromatic ring is 1. The van der Waals surface area contributed by atoms with Crippen LogP contribution in [0.2, 0.25) is 5.02 Å². The minimum absolute atomic E-state index is 0.0143. The molecule has 0 aliphatic carbocycles. The maximum atomic E-state index is 14.4. The van der Waals surface area contributed by atoms with E-state index in [0.29, 0.717) is 37.6 Å². The molecule has 1 aliphatic rings. The van der Waals surface area contributed by atoms with Gasteiger partial charge in [-0.2, -0.15) is 8.78 Å². The first-order valence-electron chi connectivity index (χ1n) is 8.51. The predicted molar refractivity (Wildman–Crippen MR) is 97.4 cm³/mol. The molecule has 27 heavy (non-hydrogen) atoms. The number of likely N-dealkylation sites (tertiary alicyclic amines) is 1. The zero-order valence-corrected chi connectivity index (χ0v) is 15.5. The molecule has 0 unspecified atom stereocenters. The second-order valence-electron chi connectivity index (χ2n) is 6.62. The molecule has 1 aliphatic heterocycles. The summed E-state index contributed by atoms with van der Waals surface area (Å²) in [5.41, 5.74) is 5.65. The highest BCUT2D eigenvalue weighted by Crippen LogP contribution is 2.31. The molecule has 2 aromatic rings. The quantitative estimate of drug-likeness (QED) is 0.802. The van der Waals surface area contributed by atoms with E-state index in [1.807, 2.05) is 6.92 Å². The van der Waals surface area contributed by atoms with Crippen molar-refractivity contribution in [1.82, 2.24) is 19.9 Å². The van der Waals surface area contributed by atoms with Crippen molar-refractivity contribution in [3.63, 3.8) is 0 Å². The van der Waals surface area contributed by atoms with Gasteiger partial charge >= 0.3 is 5.92 Å². The van der Waals surface area contributed by atoms with E-state index in [1.165, 1.54) is 6.33 Å². The van der Waals surface area contributed by atoms with E-state index in [0.717, 1.165) is 17.8 Å². The first-order chi connectivity index (χ1) is 12.8. The molecule has 0 atom stereocenters. The second-order valence-corrected chi connectivity index (χ2v) is 7.05. The molecule has 2 aromatic heterocycles. The molecule has 1 saturated heterocycles. The minimum Gasteiger partial charge on any atom is -0.383 e. The molecule has 146 valence electrons. The molecule has 0 spiro atoms. The number of alkyl halides is 2. The Morgan fingerprint density at radius 2 is 2.00 bits per heavy atom. The largest absolute Gasteiger partial charge is 0.383 e. The van der Waals surface area contributed by atoms with Crippen LogP contribution in [0.15, 0.2) is 18.6 Å². The van der Waals surface area contributed by atoms with Crippen LogP contribution in [0.1, 0.15) is 24.1 Å². The van der Waals surface area contributed by atoms with E-state index in [1.54, 1.807) is 4.90 Å². The van der Waals surface area contributed by atoms with Crippen molar-refractivity contribution in [3.8, 4) is 0 Å². The summed E-state index contributed by atoms with van der Waals surface area (Å²) in [5, 5.41) is 3.27. The number of hydrogen-bond acceptors (Lipinski definition) is 6. The van der Waals surface area contributed by atoms with Crippen LogP contribution < -0.4 is 11.1 Å². The number of rotatable bonds is 5. The van der Waals surface area contributed by atoms with Gasteiger partial charge in [0.05, 0.1) is 11.6 Å². The SMILES string of the molecule is Cc1c(N)ncnc1NC1CCN(CC(F)(F)c2ncc(Cl)cc2F)CC1. The van der Waals surface area contributed by atoms with Gasteiger partial charge in [0.25, 0.3) is 0 Å².